The van der Waals surface area contributed by atoms with Gasteiger partial charge in [0.2, 0.25) is 0 Å². The Hall–Kier alpha value is -0.470. The van der Waals surface area contributed by atoms with Crippen molar-refractivity contribution >= 4 is 41.7 Å². The Labute approximate surface area is 168 Å². The zero-order chi connectivity index (χ0) is 16.7. The van der Waals surface area contributed by atoms with Crippen molar-refractivity contribution in [2.45, 2.75) is 31.7 Å². The van der Waals surface area contributed by atoms with Crippen LogP contribution in [0.1, 0.15) is 24.5 Å². The SMILES string of the molecule is CCC1CN(C(=NC)NCc2cccc(CN(C)C)c2)CCS1.I. The second kappa shape index (κ2) is 11.2. The van der Waals surface area contributed by atoms with Gasteiger partial charge in [-0.25, -0.2) is 0 Å². The standard InChI is InChI=1S/C18H30N4S.HI/c1-5-17-14-22(9-10-23-17)18(19-2)20-12-15-7-6-8-16(11-15)13-21(3)4;/h6-8,11,17H,5,9-10,12-14H2,1-4H3,(H,19,20);1H. The van der Waals surface area contributed by atoms with E-state index in [1.54, 1.807) is 0 Å². The molecule has 1 unspecified atom stereocenters. The van der Waals surface area contributed by atoms with Crippen LogP contribution >= 0.6 is 35.7 Å². The zero-order valence-corrected chi connectivity index (χ0v) is 18.4. The van der Waals surface area contributed by atoms with Gasteiger partial charge in [0.25, 0.3) is 0 Å². The fourth-order valence-electron chi connectivity index (χ4n) is 2.88. The molecule has 1 heterocycles. The van der Waals surface area contributed by atoms with Gasteiger partial charge in [-0.2, -0.15) is 11.8 Å². The summed E-state index contributed by atoms with van der Waals surface area (Å²) in [6.07, 6.45) is 1.23. The number of aliphatic imine (C=N–C) groups is 1. The second-order valence-corrected chi connectivity index (χ2v) is 7.71. The minimum Gasteiger partial charge on any atom is -0.352 e. The lowest BCUT2D eigenvalue weighted by molar-refractivity contribution is 0.402. The molecule has 6 heteroatoms. The molecule has 2 rings (SSSR count). The van der Waals surface area contributed by atoms with Gasteiger partial charge in [-0.1, -0.05) is 31.2 Å². The van der Waals surface area contributed by atoms with Crippen LogP contribution in [0, 0.1) is 0 Å². The van der Waals surface area contributed by atoms with E-state index in [2.05, 4.69) is 77.2 Å². The van der Waals surface area contributed by atoms with Gasteiger partial charge in [0, 0.05) is 44.2 Å². The van der Waals surface area contributed by atoms with Crippen molar-refractivity contribution < 1.29 is 0 Å². The molecule has 4 nitrogen and oxygen atoms in total. The summed E-state index contributed by atoms with van der Waals surface area (Å²) < 4.78 is 0. The van der Waals surface area contributed by atoms with Crippen LogP contribution in [0.2, 0.25) is 0 Å². The number of nitrogens with zero attached hydrogens (tertiary/aromatic N) is 3. The highest BCUT2D eigenvalue weighted by atomic mass is 127. The smallest absolute Gasteiger partial charge is 0.193 e. The lowest BCUT2D eigenvalue weighted by atomic mass is 10.1. The predicted molar refractivity (Wildman–Crippen MR) is 118 cm³/mol. The van der Waals surface area contributed by atoms with Crippen molar-refractivity contribution in [2.24, 2.45) is 4.99 Å². The molecule has 0 aliphatic carbocycles. The summed E-state index contributed by atoms with van der Waals surface area (Å²) in [4.78, 5) is 9.07. The highest BCUT2D eigenvalue weighted by Gasteiger charge is 2.21. The van der Waals surface area contributed by atoms with E-state index in [0.717, 1.165) is 37.4 Å². The predicted octanol–water partition coefficient (Wildman–Crippen LogP) is 3.27. The molecule has 1 N–H and O–H groups in total. The fraction of sp³-hybridized carbons (Fsp3) is 0.611. The molecule has 0 aromatic heterocycles. The summed E-state index contributed by atoms with van der Waals surface area (Å²) in [5, 5.41) is 4.26. The average Bonchev–Trinajstić information content (AvgIpc) is 2.55. The van der Waals surface area contributed by atoms with Crippen LogP contribution in [-0.4, -0.2) is 61.0 Å². The summed E-state index contributed by atoms with van der Waals surface area (Å²) in [5.74, 6) is 2.22. The molecular weight excluding hydrogens is 431 g/mol. The van der Waals surface area contributed by atoms with Gasteiger partial charge in [-0.05, 0) is 31.6 Å². The average molecular weight is 462 g/mol. The molecule has 1 aliphatic rings. The van der Waals surface area contributed by atoms with Gasteiger partial charge < -0.3 is 15.1 Å². The number of benzene rings is 1. The summed E-state index contributed by atoms with van der Waals surface area (Å²) >= 11 is 2.09. The summed E-state index contributed by atoms with van der Waals surface area (Å²) in [5.41, 5.74) is 2.66. The maximum absolute atomic E-state index is 4.48. The highest BCUT2D eigenvalue weighted by molar-refractivity contribution is 14.0. The molecule has 1 aromatic rings. The van der Waals surface area contributed by atoms with Gasteiger partial charge in [0.15, 0.2) is 5.96 Å². The lowest BCUT2D eigenvalue weighted by Gasteiger charge is -2.34. The number of hydrogen-bond donors (Lipinski definition) is 1. The third-order valence-corrected chi connectivity index (χ3v) is 5.42. The Bertz CT molecular complexity index is 521. The van der Waals surface area contributed by atoms with E-state index in [0.29, 0.717) is 0 Å². The van der Waals surface area contributed by atoms with Gasteiger partial charge in [-0.15, -0.1) is 24.0 Å². The van der Waals surface area contributed by atoms with E-state index >= 15 is 0 Å². The summed E-state index contributed by atoms with van der Waals surface area (Å²) in [7, 11) is 6.09. The van der Waals surface area contributed by atoms with Crippen LogP contribution < -0.4 is 5.32 Å². The van der Waals surface area contributed by atoms with Crippen molar-refractivity contribution in [2.75, 3.05) is 40.0 Å². The van der Waals surface area contributed by atoms with Crippen LogP contribution in [0.4, 0.5) is 0 Å². The maximum Gasteiger partial charge on any atom is 0.193 e. The maximum atomic E-state index is 4.48. The van der Waals surface area contributed by atoms with Crippen LogP contribution in [0.25, 0.3) is 0 Å². The molecule has 0 saturated carbocycles. The molecule has 136 valence electrons. The fourth-order valence-corrected chi connectivity index (χ4v) is 4.06. The second-order valence-electron chi connectivity index (χ2n) is 6.31. The number of thioether (sulfide) groups is 1. The number of halogens is 1. The Morgan fingerprint density at radius 3 is 2.79 bits per heavy atom. The van der Waals surface area contributed by atoms with Gasteiger partial charge in [0.1, 0.15) is 0 Å². The van der Waals surface area contributed by atoms with E-state index in [4.69, 9.17) is 0 Å². The molecule has 1 fully saturated rings. The largest absolute Gasteiger partial charge is 0.352 e. The molecule has 1 aromatic carbocycles. The Kier molecular flexibility index (Phi) is 10.1. The number of guanidine groups is 1. The first-order chi connectivity index (χ1) is 11.1. The number of hydrogen-bond acceptors (Lipinski definition) is 3. The first kappa shape index (κ1) is 21.6. The van der Waals surface area contributed by atoms with Crippen LogP contribution in [0.15, 0.2) is 29.3 Å². The molecule has 1 saturated heterocycles. The number of nitrogens with one attached hydrogen (secondary N) is 1. The molecule has 1 atom stereocenters. The monoisotopic (exact) mass is 462 g/mol. The van der Waals surface area contributed by atoms with Crippen molar-refractivity contribution in [3.63, 3.8) is 0 Å². The summed E-state index contributed by atoms with van der Waals surface area (Å²) in [6, 6.07) is 8.79. The molecule has 0 radical (unpaired) electrons. The Morgan fingerprint density at radius 1 is 1.38 bits per heavy atom. The van der Waals surface area contributed by atoms with E-state index in [1.807, 2.05) is 7.05 Å². The third-order valence-electron chi connectivity index (χ3n) is 4.05. The molecule has 0 amide bonds. The van der Waals surface area contributed by atoms with Crippen molar-refractivity contribution in [1.29, 1.82) is 0 Å². The lowest BCUT2D eigenvalue weighted by Crippen LogP contribution is -2.47. The molecule has 24 heavy (non-hydrogen) atoms. The van der Waals surface area contributed by atoms with E-state index in [9.17, 15) is 0 Å². The normalized spacial score (nSPS) is 18.5. The van der Waals surface area contributed by atoms with Crippen molar-refractivity contribution in [3.8, 4) is 0 Å². The number of rotatable bonds is 5. The molecular formula is C18H31IN4S. The van der Waals surface area contributed by atoms with E-state index in [1.165, 1.54) is 23.3 Å². The van der Waals surface area contributed by atoms with E-state index in [-0.39, 0.29) is 24.0 Å². The third kappa shape index (κ3) is 6.80. The highest BCUT2D eigenvalue weighted by Crippen LogP contribution is 2.21. The minimum absolute atomic E-state index is 0. The molecule has 0 spiro atoms. The van der Waals surface area contributed by atoms with E-state index < -0.39 is 0 Å². The Balaban J connectivity index is 0.00000288. The quantitative estimate of drug-likeness (QED) is 0.414. The van der Waals surface area contributed by atoms with Crippen LogP contribution in [-0.2, 0) is 13.1 Å². The van der Waals surface area contributed by atoms with Crippen molar-refractivity contribution in [1.82, 2.24) is 15.1 Å². The van der Waals surface area contributed by atoms with Crippen LogP contribution in [0.5, 0.6) is 0 Å². The molecule has 0 bridgehead atoms. The minimum atomic E-state index is 0. The molecule has 1 aliphatic heterocycles. The Morgan fingerprint density at radius 2 is 2.12 bits per heavy atom. The first-order valence-corrected chi connectivity index (χ1v) is 9.47. The van der Waals surface area contributed by atoms with Gasteiger partial charge >= 0.3 is 0 Å². The van der Waals surface area contributed by atoms with Crippen LogP contribution in [0.3, 0.4) is 0 Å². The first-order valence-electron chi connectivity index (χ1n) is 8.42. The zero-order valence-electron chi connectivity index (χ0n) is 15.3. The topological polar surface area (TPSA) is 30.9 Å². The summed E-state index contributed by atoms with van der Waals surface area (Å²) in [6.45, 7) is 6.26. The van der Waals surface area contributed by atoms with Gasteiger partial charge in [-0.3, -0.25) is 4.99 Å². The van der Waals surface area contributed by atoms with Crippen molar-refractivity contribution in [3.05, 3.63) is 35.4 Å². The van der Waals surface area contributed by atoms with Gasteiger partial charge in [0.05, 0.1) is 0 Å².